The van der Waals surface area contributed by atoms with Crippen LogP contribution < -0.4 is 10.6 Å². The van der Waals surface area contributed by atoms with E-state index in [-0.39, 0.29) is 11.3 Å². The molecule has 86 valence electrons. The van der Waals surface area contributed by atoms with Gasteiger partial charge < -0.3 is 10.6 Å². The smallest absolute Gasteiger partial charge is 0.227 e. The van der Waals surface area contributed by atoms with Gasteiger partial charge in [0.05, 0.1) is 5.41 Å². The third kappa shape index (κ3) is 2.67. The van der Waals surface area contributed by atoms with Gasteiger partial charge in [-0.25, -0.2) is 0 Å². The van der Waals surface area contributed by atoms with Crippen molar-refractivity contribution >= 4 is 17.7 Å². The Hall–Kier alpha value is -0.220. The van der Waals surface area contributed by atoms with Gasteiger partial charge in [0.25, 0.3) is 0 Å². The van der Waals surface area contributed by atoms with Gasteiger partial charge in [0.2, 0.25) is 5.91 Å². The fourth-order valence-electron chi connectivity index (χ4n) is 2.26. The number of carbonyl (C=O) groups excluding carboxylic acids is 1. The van der Waals surface area contributed by atoms with E-state index in [4.69, 9.17) is 0 Å². The zero-order chi connectivity index (χ0) is 10.7. The zero-order valence-corrected chi connectivity index (χ0v) is 10.2. The average Bonchev–Trinajstić information content (AvgIpc) is 2.71. The van der Waals surface area contributed by atoms with E-state index in [9.17, 15) is 4.79 Å². The molecule has 2 unspecified atom stereocenters. The van der Waals surface area contributed by atoms with E-state index in [0.717, 1.165) is 38.1 Å². The Labute approximate surface area is 95.8 Å². The summed E-state index contributed by atoms with van der Waals surface area (Å²) in [6, 6.07) is 0.418. The Morgan fingerprint density at radius 1 is 1.60 bits per heavy atom. The second-order valence-electron chi connectivity index (χ2n) is 4.87. The minimum atomic E-state index is -0.175. The quantitative estimate of drug-likeness (QED) is 0.741. The van der Waals surface area contributed by atoms with Gasteiger partial charge in [-0.3, -0.25) is 4.79 Å². The van der Waals surface area contributed by atoms with Crippen molar-refractivity contribution in [2.24, 2.45) is 5.41 Å². The van der Waals surface area contributed by atoms with Crippen LogP contribution in [0.3, 0.4) is 0 Å². The van der Waals surface area contributed by atoms with Gasteiger partial charge in [0.15, 0.2) is 0 Å². The second kappa shape index (κ2) is 4.74. The van der Waals surface area contributed by atoms with Crippen LogP contribution in [0.5, 0.6) is 0 Å². The molecule has 15 heavy (non-hydrogen) atoms. The maximum absolute atomic E-state index is 12.1. The van der Waals surface area contributed by atoms with Crippen LogP contribution in [0, 0.1) is 5.41 Å². The van der Waals surface area contributed by atoms with E-state index in [1.807, 2.05) is 11.8 Å². The lowest BCUT2D eigenvalue weighted by molar-refractivity contribution is -0.131. The molecule has 2 heterocycles. The summed E-state index contributed by atoms with van der Waals surface area (Å²) in [5, 5.41) is 6.50. The molecule has 0 aromatic carbocycles. The molecule has 3 nitrogen and oxygen atoms in total. The molecule has 2 aliphatic rings. The molecule has 2 atom stereocenters. The summed E-state index contributed by atoms with van der Waals surface area (Å²) < 4.78 is 0. The molecule has 2 aliphatic heterocycles. The van der Waals surface area contributed by atoms with Gasteiger partial charge in [0.1, 0.15) is 0 Å². The first-order valence-electron chi connectivity index (χ1n) is 5.80. The first-order chi connectivity index (χ1) is 7.21. The number of amides is 1. The van der Waals surface area contributed by atoms with E-state index in [1.165, 1.54) is 5.75 Å². The highest BCUT2D eigenvalue weighted by atomic mass is 32.2. The third-order valence-corrected chi connectivity index (χ3v) is 4.57. The van der Waals surface area contributed by atoms with Crippen LogP contribution in [-0.2, 0) is 4.79 Å². The number of rotatable bonds is 2. The van der Waals surface area contributed by atoms with Gasteiger partial charge in [0, 0.05) is 18.3 Å². The van der Waals surface area contributed by atoms with Crippen molar-refractivity contribution in [1.29, 1.82) is 0 Å². The highest BCUT2D eigenvalue weighted by Crippen LogP contribution is 2.26. The van der Waals surface area contributed by atoms with Gasteiger partial charge >= 0.3 is 0 Å². The minimum absolute atomic E-state index is 0.175. The molecule has 4 heteroatoms. The normalized spacial score (nSPS) is 36.5. The van der Waals surface area contributed by atoms with Crippen molar-refractivity contribution in [3.8, 4) is 0 Å². The summed E-state index contributed by atoms with van der Waals surface area (Å²) >= 11 is 1.94. The standard InChI is InChI=1S/C11H20N2OS/c1-11(4-2-5-12-8-11)10(14)13-9-3-6-15-7-9/h9,12H,2-8H2,1H3,(H,13,14). The first-order valence-corrected chi connectivity index (χ1v) is 6.96. The summed E-state index contributed by atoms with van der Waals surface area (Å²) in [7, 11) is 0. The summed E-state index contributed by atoms with van der Waals surface area (Å²) in [6.45, 7) is 3.97. The SMILES string of the molecule is CC1(C(=O)NC2CCSC2)CCCNC1. The maximum Gasteiger partial charge on any atom is 0.227 e. The number of hydrogen-bond donors (Lipinski definition) is 2. The van der Waals surface area contributed by atoms with Crippen molar-refractivity contribution < 1.29 is 4.79 Å². The molecular weight excluding hydrogens is 208 g/mol. The first kappa shape index (κ1) is 11.3. The lowest BCUT2D eigenvalue weighted by atomic mass is 9.81. The van der Waals surface area contributed by atoms with Crippen molar-refractivity contribution in [2.75, 3.05) is 24.6 Å². The number of carbonyl (C=O) groups is 1. The van der Waals surface area contributed by atoms with Crippen LogP contribution >= 0.6 is 11.8 Å². The fraction of sp³-hybridized carbons (Fsp3) is 0.909. The lowest BCUT2D eigenvalue weighted by Gasteiger charge is -2.33. The predicted molar refractivity (Wildman–Crippen MR) is 64.1 cm³/mol. The van der Waals surface area contributed by atoms with Crippen LogP contribution in [0.2, 0.25) is 0 Å². The molecule has 0 saturated carbocycles. The fourth-order valence-corrected chi connectivity index (χ4v) is 3.41. The third-order valence-electron chi connectivity index (χ3n) is 3.41. The van der Waals surface area contributed by atoms with Crippen LogP contribution in [-0.4, -0.2) is 36.5 Å². The molecule has 2 N–H and O–H groups in total. The van der Waals surface area contributed by atoms with Crippen LogP contribution in [0.25, 0.3) is 0 Å². The molecule has 2 saturated heterocycles. The van der Waals surface area contributed by atoms with Crippen molar-refractivity contribution in [3.05, 3.63) is 0 Å². The number of thioether (sulfide) groups is 1. The van der Waals surface area contributed by atoms with Gasteiger partial charge in [-0.15, -0.1) is 0 Å². The monoisotopic (exact) mass is 228 g/mol. The van der Waals surface area contributed by atoms with Gasteiger partial charge in [-0.2, -0.15) is 11.8 Å². The maximum atomic E-state index is 12.1. The van der Waals surface area contributed by atoms with Crippen LogP contribution in [0.4, 0.5) is 0 Å². The molecule has 2 rings (SSSR count). The molecule has 0 radical (unpaired) electrons. The largest absolute Gasteiger partial charge is 0.352 e. The molecule has 0 aliphatic carbocycles. The van der Waals surface area contributed by atoms with E-state index in [2.05, 4.69) is 17.6 Å². The van der Waals surface area contributed by atoms with Gasteiger partial charge in [-0.1, -0.05) is 0 Å². The highest BCUT2D eigenvalue weighted by molar-refractivity contribution is 7.99. The van der Waals surface area contributed by atoms with Crippen molar-refractivity contribution in [3.63, 3.8) is 0 Å². The van der Waals surface area contributed by atoms with Gasteiger partial charge in [-0.05, 0) is 38.5 Å². The molecule has 0 bridgehead atoms. The highest BCUT2D eigenvalue weighted by Gasteiger charge is 2.35. The summed E-state index contributed by atoms with van der Waals surface area (Å²) in [5.74, 6) is 2.54. The number of piperidine rings is 1. The van der Waals surface area contributed by atoms with E-state index in [1.54, 1.807) is 0 Å². The molecule has 0 aromatic rings. The Balaban J connectivity index is 1.87. The number of hydrogen-bond acceptors (Lipinski definition) is 3. The molecule has 1 amide bonds. The minimum Gasteiger partial charge on any atom is -0.352 e. The Morgan fingerprint density at radius 3 is 3.07 bits per heavy atom. The van der Waals surface area contributed by atoms with Crippen LogP contribution in [0.15, 0.2) is 0 Å². The topological polar surface area (TPSA) is 41.1 Å². The van der Waals surface area contributed by atoms with E-state index >= 15 is 0 Å². The summed E-state index contributed by atoms with van der Waals surface area (Å²) in [5.41, 5.74) is -0.175. The average molecular weight is 228 g/mol. The Kier molecular flexibility index (Phi) is 3.57. The van der Waals surface area contributed by atoms with E-state index < -0.39 is 0 Å². The Bertz CT molecular complexity index is 233. The Morgan fingerprint density at radius 2 is 2.47 bits per heavy atom. The summed E-state index contributed by atoms with van der Waals surface area (Å²) in [6.07, 6.45) is 3.27. The zero-order valence-electron chi connectivity index (χ0n) is 9.34. The summed E-state index contributed by atoms with van der Waals surface area (Å²) in [4.78, 5) is 12.1. The molecule has 2 fully saturated rings. The second-order valence-corrected chi connectivity index (χ2v) is 6.02. The van der Waals surface area contributed by atoms with Crippen molar-refractivity contribution in [2.45, 2.75) is 32.2 Å². The van der Waals surface area contributed by atoms with Crippen molar-refractivity contribution in [1.82, 2.24) is 10.6 Å². The molecule has 0 aromatic heterocycles. The number of nitrogens with one attached hydrogen (secondary N) is 2. The predicted octanol–water partition coefficient (Wildman–Crippen LogP) is 0.998. The lowest BCUT2D eigenvalue weighted by Crippen LogP contribution is -2.51. The molecule has 0 spiro atoms. The van der Waals surface area contributed by atoms with E-state index in [0.29, 0.717) is 6.04 Å². The molecular formula is C11H20N2OS. The van der Waals surface area contributed by atoms with Crippen LogP contribution in [0.1, 0.15) is 26.2 Å².